The van der Waals surface area contributed by atoms with E-state index in [4.69, 9.17) is 44.1 Å². The molecule has 0 spiro atoms. The summed E-state index contributed by atoms with van der Waals surface area (Å²) in [6, 6.07) is 46.4. The maximum absolute atomic E-state index is 12.8. The quantitative estimate of drug-likeness (QED) is 0.0455. The maximum atomic E-state index is 12.8. The van der Waals surface area contributed by atoms with Crippen molar-refractivity contribution in [3.8, 4) is 36.2 Å². The number of amides is 4. The fraction of sp³-hybridized carbons (Fsp3) is 0.476. The molecule has 6 aromatic carbocycles. The summed E-state index contributed by atoms with van der Waals surface area (Å²) >= 11 is 0. The van der Waals surface area contributed by atoms with Crippen molar-refractivity contribution in [3.05, 3.63) is 196 Å². The molecule has 136 heavy (non-hydrogen) atoms. The first kappa shape index (κ1) is 94.6. The summed E-state index contributed by atoms with van der Waals surface area (Å²) in [7, 11) is 1.80. The summed E-state index contributed by atoms with van der Waals surface area (Å²) in [4.78, 5) is 106. The van der Waals surface area contributed by atoms with Crippen LogP contribution in [0.2, 0.25) is 0 Å². The molecule has 9 aliphatic heterocycles. The first-order chi connectivity index (χ1) is 66.4. The number of aromatic nitrogens is 6. The highest BCUT2D eigenvalue weighted by molar-refractivity contribution is 5.99. The van der Waals surface area contributed by atoms with E-state index in [0.29, 0.717) is 135 Å². The lowest BCUT2D eigenvalue weighted by molar-refractivity contribution is -0.129. The average molecular weight is 1850 g/mol. The van der Waals surface area contributed by atoms with Crippen LogP contribution in [0.25, 0.3) is 32.3 Å². The zero-order valence-corrected chi connectivity index (χ0v) is 78.5. The largest absolute Gasteiger partial charge is 0.463 e. The summed E-state index contributed by atoms with van der Waals surface area (Å²) in [5.41, 5.74) is 13.3. The van der Waals surface area contributed by atoms with Crippen molar-refractivity contribution < 1.29 is 46.6 Å². The number of likely N-dealkylation sites (tertiary alicyclic amines) is 3. The van der Waals surface area contributed by atoms with Gasteiger partial charge in [0.05, 0.1) is 98.9 Å². The van der Waals surface area contributed by atoms with Crippen molar-refractivity contribution in [2.24, 2.45) is 5.92 Å². The molecule has 12 heterocycles. The zero-order chi connectivity index (χ0) is 94.3. The third-order valence-electron chi connectivity index (χ3n) is 28.4. The van der Waals surface area contributed by atoms with E-state index in [9.17, 15) is 48.1 Å². The molecule has 2 unspecified atom stereocenters. The molecular formula is C105H122F3N21O7. The topological polar surface area (TPSA) is 284 Å². The molecule has 3 aromatic heterocycles. The number of carbonyl (C=O) groups excluding carboxylic acids is 4. The van der Waals surface area contributed by atoms with Crippen LogP contribution in [0.5, 0.6) is 18.0 Å². The molecule has 28 nitrogen and oxygen atoms in total. The minimum absolute atomic E-state index is 0.0627. The van der Waals surface area contributed by atoms with Gasteiger partial charge in [-0.3, -0.25) is 29.0 Å². The molecule has 0 radical (unpaired) electrons. The number of aryl methyl sites for hydroxylation is 3. The predicted molar refractivity (Wildman–Crippen MR) is 521 cm³/mol. The Bertz CT molecular complexity index is 6050. The highest BCUT2D eigenvalue weighted by atomic mass is 19.1. The number of hydrogen-bond acceptors (Lipinski definition) is 24. The smallest absolute Gasteiger partial charge is 0.318 e. The van der Waals surface area contributed by atoms with Crippen LogP contribution in [0.15, 0.2) is 146 Å². The summed E-state index contributed by atoms with van der Waals surface area (Å²) in [5.74, 6) is 1.78. The molecule has 5 atom stereocenters. The normalized spacial score (nSPS) is 20.4. The van der Waals surface area contributed by atoms with Crippen molar-refractivity contribution >= 4 is 90.5 Å². The van der Waals surface area contributed by atoms with Crippen molar-refractivity contribution in [2.75, 3.05) is 188 Å². The van der Waals surface area contributed by atoms with Crippen LogP contribution in [-0.2, 0) is 58.1 Å². The van der Waals surface area contributed by atoms with Gasteiger partial charge < -0.3 is 63.2 Å². The zero-order valence-electron chi connectivity index (χ0n) is 78.5. The van der Waals surface area contributed by atoms with E-state index in [0.717, 1.165) is 128 Å². The standard InChI is InChI=1S/C36H44FN7O2.C35H40FN7O2.C34H38FN7O3/c1-27-9-6-10-28-11-7-12-32(34(27)28)42-20-15-30-31(26-42)39-36(46-24-23-41-18-4-2-3-5-19-41)40-35(30)43-21-22-44(29(25-43)14-17-38)33(45)13-8-16-37;1-24-5-2-6-25-7-3-8-31(33(24)25)40-17-14-29-30(22-40)38-35(45-23-28-13-18-42(28)26-10-11-26)39-34(29)41-19-20-43(27(21-41)12-16-37)32(44)9-4-15-36;1-23-6-3-7-25-8-4-9-29(32(23)25)40-15-12-27-28(21-40)37-34(45-22-24-18-31(44)39(2)19-24)38-33(27)41-16-17-42(26(20-41)11-14-36)30(43)10-5-13-35/h6-13,29H,2-5,14-16,18-26H2,1H3;2-9,26-28H,10-15,17-23H2,1H3;3-10,24,26H,11-13,15-22H2,1-2H3/b13-8+;9-4+;10-5+/t29-;27-,28?;24?,26-/m000/s1. The van der Waals surface area contributed by atoms with Gasteiger partial charge in [-0.1, -0.05) is 104 Å². The van der Waals surface area contributed by atoms with Crippen molar-refractivity contribution in [1.82, 2.24) is 59.3 Å². The fourth-order valence-corrected chi connectivity index (χ4v) is 21.2. The van der Waals surface area contributed by atoms with Gasteiger partial charge in [0, 0.05) is 198 Å². The van der Waals surface area contributed by atoms with Crippen LogP contribution in [0, 0.1) is 60.7 Å². The Morgan fingerprint density at radius 3 is 1.15 bits per heavy atom. The molecule has 10 aliphatic rings. The van der Waals surface area contributed by atoms with Gasteiger partial charge in [0.2, 0.25) is 23.6 Å². The van der Waals surface area contributed by atoms with Crippen molar-refractivity contribution in [2.45, 2.75) is 161 Å². The molecule has 9 aromatic rings. The number of benzene rings is 6. The number of fused-ring (bicyclic) bond motifs is 6. The third-order valence-corrected chi connectivity index (χ3v) is 28.4. The number of anilines is 6. The van der Waals surface area contributed by atoms with Gasteiger partial charge >= 0.3 is 18.0 Å². The number of nitriles is 3. The van der Waals surface area contributed by atoms with E-state index in [1.165, 1.54) is 135 Å². The highest BCUT2D eigenvalue weighted by Crippen LogP contribution is 2.43. The highest BCUT2D eigenvalue weighted by Gasteiger charge is 2.42. The minimum Gasteiger partial charge on any atom is -0.463 e. The molecule has 0 bridgehead atoms. The van der Waals surface area contributed by atoms with Crippen molar-refractivity contribution in [1.29, 1.82) is 15.8 Å². The first-order valence-electron chi connectivity index (χ1n) is 48.4. The second-order valence-electron chi connectivity index (χ2n) is 37.3. The Morgan fingerprint density at radius 1 is 0.426 bits per heavy atom. The van der Waals surface area contributed by atoms with Gasteiger partial charge in [0.25, 0.3) is 0 Å². The van der Waals surface area contributed by atoms with Gasteiger partial charge in [0.1, 0.15) is 50.7 Å². The molecule has 7 fully saturated rings. The first-order valence-corrected chi connectivity index (χ1v) is 48.4. The number of allylic oxidation sites excluding steroid dienone is 3. The second kappa shape index (κ2) is 44.1. The average Bonchev–Trinajstić information content (AvgIpc) is 0.884. The summed E-state index contributed by atoms with van der Waals surface area (Å²) < 4.78 is 57.0. The van der Waals surface area contributed by atoms with Crippen LogP contribution < -0.4 is 43.6 Å². The van der Waals surface area contributed by atoms with Gasteiger partial charge in [-0.25, -0.2) is 13.2 Å². The number of carbonyl (C=O) groups is 4. The lowest BCUT2D eigenvalue weighted by Gasteiger charge is -2.42. The number of alkyl halides is 3. The molecule has 4 amide bonds. The second-order valence-corrected chi connectivity index (χ2v) is 37.3. The monoisotopic (exact) mass is 1850 g/mol. The molecule has 6 saturated heterocycles. The number of nitrogens with zero attached hydrogens (tertiary/aromatic N) is 21. The lowest BCUT2D eigenvalue weighted by Crippen LogP contribution is -2.55. The van der Waals surface area contributed by atoms with E-state index in [1.54, 1.807) is 26.6 Å². The van der Waals surface area contributed by atoms with Crippen molar-refractivity contribution in [3.63, 3.8) is 0 Å². The van der Waals surface area contributed by atoms with E-state index in [1.807, 2.05) is 0 Å². The summed E-state index contributed by atoms with van der Waals surface area (Å²) in [6.07, 6.45) is 19.4. The summed E-state index contributed by atoms with van der Waals surface area (Å²) in [6.45, 7) is 19.1. The predicted octanol–water partition coefficient (Wildman–Crippen LogP) is 13.6. The number of rotatable bonds is 26. The van der Waals surface area contributed by atoms with E-state index in [-0.39, 0.29) is 72.9 Å². The number of piperazine rings is 3. The molecule has 1 aliphatic carbocycles. The Hall–Kier alpha value is -13.2. The van der Waals surface area contributed by atoms with Crippen LogP contribution in [0.1, 0.15) is 121 Å². The van der Waals surface area contributed by atoms with Gasteiger partial charge in [-0.15, -0.1) is 0 Å². The lowest BCUT2D eigenvalue weighted by atomic mass is 9.99. The molecule has 0 N–H and O–H groups in total. The van der Waals surface area contributed by atoms with E-state index in [2.05, 4.69) is 187 Å². The van der Waals surface area contributed by atoms with Crippen LogP contribution in [0.4, 0.5) is 47.7 Å². The number of halogens is 3. The number of ether oxygens (including phenoxy) is 3. The van der Waals surface area contributed by atoms with Gasteiger partial charge in [0.15, 0.2) is 0 Å². The molecule has 19 rings (SSSR count). The van der Waals surface area contributed by atoms with E-state index >= 15 is 0 Å². The van der Waals surface area contributed by atoms with E-state index < -0.39 is 20.0 Å². The van der Waals surface area contributed by atoms with Crippen LogP contribution in [0.3, 0.4) is 0 Å². The molecule has 31 heteroatoms. The Kier molecular flexibility index (Phi) is 30.7. The maximum Gasteiger partial charge on any atom is 0.318 e. The molecular weight excluding hydrogens is 1720 g/mol. The minimum atomic E-state index is -0.717. The van der Waals surface area contributed by atoms with Crippen LogP contribution in [-0.4, -0.2) is 271 Å². The Morgan fingerprint density at radius 2 is 0.801 bits per heavy atom. The third kappa shape index (κ3) is 21.7. The van der Waals surface area contributed by atoms with Gasteiger partial charge in [-0.05, 0) is 155 Å². The Labute approximate surface area is 794 Å². The Balaban J connectivity index is 0.000000142. The van der Waals surface area contributed by atoms with Crippen LogP contribution >= 0.6 is 0 Å². The number of hydrogen-bond donors (Lipinski definition) is 0. The summed E-state index contributed by atoms with van der Waals surface area (Å²) in [5, 5.41) is 36.2. The fourth-order valence-electron chi connectivity index (χ4n) is 21.2. The SMILES string of the molecule is Cc1cccc2cccc(N3CCc4c(nc(OCC5CC(=O)N(C)C5)nc4N4CCN(C(=O)/C=C/CF)[C@@H](CC#N)C4)C3)c12.Cc1cccc2cccc(N3CCc4c(nc(OCC5CCN5C5CC5)nc4N4CCN(C(=O)/C=C/CF)[C@@H](CC#N)C4)C3)c12.Cc1cccc2cccc(N3CCc4c(nc(OCCN5CCCCCC5)nc4N4CCN(C(=O)/C=C/CF)[C@@H](CC#N)C4)C3)c12. The molecule has 1 saturated carbocycles. The molecule has 710 valence electrons. The van der Waals surface area contributed by atoms with Gasteiger partial charge in [-0.2, -0.15) is 45.7 Å².